The second kappa shape index (κ2) is 10.2. The molecule has 0 bridgehead atoms. The molecule has 30 heavy (non-hydrogen) atoms. The molecule has 0 aromatic heterocycles. The summed E-state index contributed by atoms with van der Waals surface area (Å²) in [5.74, 6) is 1.51. The van der Waals surface area contributed by atoms with Gasteiger partial charge in [-0.2, -0.15) is 0 Å². The first kappa shape index (κ1) is 23.2. The molecule has 2 aromatic carbocycles. The minimum Gasteiger partial charge on any atom is -0.493 e. The van der Waals surface area contributed by atoms with Crippen molar-refractivity contribution in [3.05, 3.63) is 51.5 Å². The van der Waals surface area contributed by atoms with E-state index in [4.69, 9.17) is 32.7 Å². The molecule has 0 fully saturated rings. The van der Waals surface area contributed by atoms with E-state index in [1.807, 2.05) is 6.07 Å². The van der Waals surface area contributed by atoms with Crippen molar-refractivity contribution in [1.29, 1.82) is 0 Å². The van der Waals surface area contributed by atoms with Gasteiger partial charge < -0.3 is 9.47 Å². The molecular formula is C21H26Cl2N2O4S. The summed E-state index contributed by atoms with van der Waals surface area (Å²) in [6.07, 6.45) is 2.58. The molecular weight excluding hydrogens is 447 g/mol. The number of fused-ring (bicyclic) bond motifs is 1. The van der Waals surface area contributed by atoms with Crippen LogP contribution in [0.15, 0.2) is 35.2 Å². The van der Waals surface area contributed by atoms with E-state index in [1.165, 1.54) is 29.3 Å². The molecule has 0 radical (unpaired) electrons. The lowest BCUT2D eigenvalue weighted by atomic mass is 9.98. The number of ether oxygens (including phenoxy) is 2. The Bertz CT molecular complexity index is 999. The van der Waals surface area contributed by atoms with Gasteiger partial charge in [0.1, 0.15) is 4.90 Å². The summed E-state index contributed by atoms with van der Waals surface area (Å²) >= 11 is 11.8. The number of nitrogens with one attached hydrogen (secondary N) is 1. The summed E-state index contributed by atoms with van der Waals surface area (Å²) in [4.78, 5) is 2.42. The van der Waals surface area contributed by atoms with Crippen LogP contribution in [-0.2, 0) is 23.0 Å². The average molecular weight is 473 g/mol. The van der Waals surface area contributed by atoms with Gasteiger partial charge in [-0.3, -0.25) is 4.90 Å². The number of rotatable bonds is 9. The molecule has 0 aliphatic carbocycles. The zero-order valence-electron chi connectivity index (χ0n) is 17.1. The minimum absolute atomic E-state index is 0.0468. The molecule has 3 rings (SSSR count). The van der Waals surface area contributed by atoms with Crippen molar-refractivity contribution in [2.45, 2.75) is 30.7 Å². The first-order valence-corrected chi connectivity index (χ1v) is 12.0. The maximum atomic E-state index is 12.4. The summed E-state index contributed by atoms with van der Waals surface area (Å²) in [5.41, 5.74) is 2.54. The van der Waals surface area contributed by atoms with E-state index in [-0.39, 0.29) is 9.92 Å². The number of hydrogen-bond donors (Lipinski definition) is 1. The number of halogens is 2. The summed E-state index contributed by atoms with van der Waals surface area (Å²) in [6.45, 7) is 3.07. The monoisotopic (exact) mass is 472 g/mol. The maximum Gasteiger partial charge on any atom is 0.242 e. The van der Waals surface area contributed by atoms with Gasteiger partial charge in [0.25, 0.3) is 0 Å². The van der Waals surface area contributed by atoms with E-state index in [9.17, 15) is 8.42 Å². The number of benzene rings is 2. The zero-order chi connectivity index (χ0) is 21.7. The minimum atomic E-state index is -3.65. The molecule has 1 aliphatic rings. The molecule has 2 aromatic rings. The second-order valence-electron chi connectivity index (χ2n) is 7.18. The molecule has 0 saturated carbocycles. The normalized spacial score (nSPS) is 14.4. The van der Waals surface area contributed by atoms with Crippen molar-refractivity contribution in [3.63, 3.8) is 0 Å². The van der Waals surface area contributed by atoms with Gasteiger partial charge in [0.05, 0.1) is 19.2 Å². The van der Waals surface area contributed by atoms with Crippen LogP contribution in [0.4, 0.5) is 0 Å². The number of unbranched alkanes of at least 4 members (excludes halogenated alkanes) is 1. The predicted octanol–water partition coefficient (Wildman–Crippen LogP) is 4.13. The van der Waals surface area contributed by atoms with Gasteiger partial charge in [0.15, 0.2) is 11.5 Å². The van der Waals surface area contributed by atoms with Crippen LogP contribution < -0.4 is 14.2 Å². The Labute approximate surface area is 188 Å². The zero-order valence-corrected chi connectivity index (χ0v) is 19.4. The standard InChI is InChI=1S/C21H26Cl2N2O4S/c1-28-19-11-15-7-10-25(14-16(15)12-20(19)29-2)9-4-3-8-24-30(26,27)21-6-5-17(22)13-18(21)23/h5-6,11-13,24H,3-4,7-10,14H2,1-2H3. The van der Waals surface area contributed by atoms with Crippen LogP contribution in [-0.4, -0.2) is 47.2 Å². The van der Waals surface area contributed by atoms with E-state index < -0.39 is 10.0 Å². The van der Waals surface area contributed by atoms with E-state index in [0.29, 0.717) is 11.6 Å². The SMILES string of the molecule is COc1cc2c(cc1OC)CN(CCCCNS(=O)(=O)c1ccc(Cl)cc1Cl)CC2. The Morgan fingerprint density at radius 2 is 1.73 bits per heavy atom. The van der Waals surface area contributed by atoms with Crippen molar-refractivity contribution in [2.75, 3.05) is 33.9 Å². The highest BCUT2D eigenvalue weighted by atomic mass is 35.5. The van der Waals surface area contributed by atoms with Gasteiger partial charge in [-0.1, -0.05) is 23.2 Å². The smallest absolute Gasteiger partial charge is 0.242 e. The number of sulfonamides is 1. The largest absolute Gasteiger partial charge is 0.493 e. The third-order valence-corrected chi connectivity index (χ3v) is 7.35. The van der Waals surface area contributed by atoms with E-state index in [2.05, 4.69) is 15.7 Å². The van der Waals surface area contributed by atoms with Crippen LogP contribution in [0, 0.1) is 0 Å². The molecule has 6 nitrogen and oxygen atoms in total. The molecule has 0 spiro atoms. The molecule has 0 atom stereocenters. The Hall–Kier alpha value is -1.51. The van der Waals surface area contributed by atoms with Gasteiger partial charge in [-0.25, -0.2) is 13.1 Å². The summed E-state index contributed by atoms with van der Waals surface area (Å²) < 4.78 is 38.2. The Morgan fingerprint density at radius 3 is 2.40 bits per heavy atom. The molecule has 1 N–H and O–H groups in total. The predicted molar refractivity (Wildman–Crippen MR) is 119 cm³/mol. The fourth-order valence-electron chi connectivity index (χ4n) is 3.57. The summed E-state index contributed by atoms with van der Waals surface area (Å²) in [6, 6.07) is 8.46. The van der Waals surface area contributed by atoms with Gasteiger partial charge >= 0.3 is 0 Å². The van der Waals surface area contributed by atoms with Gasteiger partial charge in [0, 0.05) is 24.7 Å². The van der Waals surface area contributed by atoms with E-state index >= 15 is 0 Å². The van der Waals surface area contributed by atoms with Crippen LogP contribution >= 0.6 is 23.2 Å². The second-order valence-corrected chi connectivity index (χ2v) is 9.76. The molecule has 0 unspecified atom stereocenters. The van der Waals surface area contributed by atoms with E-state index in [1.54, 1.807) is 14.2 Å². The highest BCUT2D eigenvalue weighted by Gasteiger charge is 2.20. The first-order chi connectivity index (χ1) is 14.3. The average Bonchev–Trinajstić information content (AvgIpc) is 2.71. The number of nitrogens with zero attached hydrogens (tertiary/aromatic N) is 1. The lowest BCUT2D eigenvalue weighted by molar-refractivity contribution is 0.248. The van der Waals surface area contributed by atoms with Crippen LogP contribution in [0.5, 0.6) is 11.5 Å². The quantitative estimate of drug-likeness (QED) is 0.555. The highest BCUT2D eigenvalue weighted by molar-refractivity contribution is 7.89. The lowest BCUT2D eigenvalue weighted by Gasteiger charge is -2.29. The Morgan fingerprint density at radius 1 is 1.03 bits per heavy atom. The Kier molecular flexibility index (Phi) is 7.87. The lowest BCUT2D eigenvalue weighted by Crippen LogP contribution is -2.32. The third-order valence-electron chi connectivity index (χ3n) is 5.17. The van der Waals surface area contributed by atoms with Crippen molar-refractivity contribution >= 4 is 33.2 Å². The molecule has 1 heterocycles. The fourth-order valence-corrected chi connectivity index (χ4v) is 5.41. The van der Waals surface area contributed by atoms with E-state index in [0.717, 1.165) is 50.4 Å². The number of hydrogen-bond acceptors (Lipinski definition) is 5. The van der Waals surface area contributed by atoms with Crippen molar-refractivity contribution < 1.29 is 17.9 Å². The van der Waals surface area contributed by atoms with Crippen molar-refractivity contribution in [1.82, 2.24) is 9.62 Å². The maximum absolute atomic E-state index is 12.4. The number of methoxy groups -OCH3 is 2. The van der Waals surface area contributed by atoms with Crippen LogP contribution in [0.25, 0.3) is 0 Å². The molecule has 1 aliphatic heterocycles. The topological polar surface area (TPSA) is 67.9 Å². The Balaban J connectivity index is 1.47. The van der Waals surface area contributed by atoms with Crippen molar-refractivity contribution in [2.24, 2.45) is 0 Å². The molecule has 9 heteroatoms. The van der Waals surface area contributed by atoms with Gasteiger partial charge in [-0.15, -0.1) is 0 Å². The van der Waals surface area contributed by atoms with Crippen LogP contribution in [0.2, 0.25) is 10.0 Å². The molecule has 0 amide bonds. The van der Waals surface area contributed by atoms with Crippen molar-refractivity contribution in [3.8, 4) is 11.5 Å². The van der Waals surface area contributed by atoms with Crippen LogP contribution in [0.3, 0.4) is 0 Å². The fraction of sp³-hybridized carbons (Fsp3) is 0.429. The molecule has 164 valence electrons. The molecule has 0 saturated heterocycles. The third kappa shape index (κ3) is 5.59. The summed E-state index contributed by atoms with van der Waals surface area (Å²) in [7, 11) is -0.358. The summed E-state index contributed by atoms with van der Waals surface area (Å²) in [5, 5.41) is 0.521. The highest BCUT2D eigenvalue weighted by Crippen LogP contribution is 2.33. The first-order valence-electron chi connectivity index (χ1n) is 9.75. The van der Waals surface area contributed by atoms with Gasteiger partial charge in [-0.05, 0) is 67.3 Å². The van der Waals surface area contributed by atoms with Crippen LogP contribution in [0.1, 0.15) is 24.0 Å². The van der Waals surface area contributed by atoms with Gasteiger partial charge in [0.2, 0.25) is 10.0 Å².